The van der Waals surface area contributed by atoms with Crippen molar-refractivity contribution in [2.45, 2.75) is 13.8 Å². The third kappa shape index (κ3) is 2.09. The van der Waals surface area contributed by atoms with Gasteiger partial charge in [-0.25, -0.2) is 0 Å². The summed E-state index contributed by atoms with van der Waals surface area (Å²) >= 11 is 0. The molecule has 2 nitrogen and oxygen atoms in total. The Morgan fingerprint density at radius 1 is 1.71 bits per heavy atom. The molecule has 0 amide bonds. The summed E-state index contributed by atoms with van der Waals surface area (Å²) in [5, 5.41) is 0. The van der Waals surface area contributed by atoms with E-state index < -0.39 is 5.92 Å². The van der Waals surface area contributed by atoms with Crippen molar-refractivity contribution in [2.24, 2.45) is 5.92 Å². The van der Waals surface area contributed by atoms with Crippen LogP contribution in [0.3, 0.4) is 0 Å². The van der Waals surface area contributed by atoms with Crippen molar-refractivity contribution in [3.05, 3.63) is 0 Å². The molecule has 2 heteroatoms. The molecule has 0 spiro atoms. The maximum atomic E-state index is 10.1. The first kappa shape index (κ1) is 6.34. The van der Waals surface area contributed by atoms with Crippen molar-refractivity contribution in [3.63, 3.8) is 0 Å². The second kappa shape index (κ2) is 2.50. The highest BCUT2D eigenvalue weighted by molar-refractivity contribution is 5.90. The molecule has 0 aliphatic heterocycles. The molecule has 0 N–H and O–H groups in total. The summed E-state index contributed by atoms with van der Waals surface area (Å²) in [5.74, 6) is -0.491. The predicted octanol–water partition coefficient (Wildman–Crippen LogP) is 0.410. The van der Waals surface area contributed by atoms with Gasteiger partial charge in [0.15, 0.2) is 0 Å². The molecule has 0 rings (SSSR count). The number of rotatable bonds is 2. The molecule has 0 aromatic rings. The summed E-state index contributed by atoms with van der Waals surface area (Å²) in [5.41, 5.74) is 0. The summed E-state index contributed by atoms with van der Waals surface area (Å²) < 4.78 is 0. The number of Topliss-reactive ketones (excluding diaryl/α,β-unsaturated/α-hetero) is 1. The first-order valence-electron chi connectivity index (χ1n) is 2.14. The Morgan fingerprint density at radius 2 is 2.14 bits per heavy atom. The van der Waals surface area contributed by atoms with Crippen LogP contribution < -0.4 is 0 Å². The minimum Gasteiger partial charge on any atom is -0.303 e. The molecular weight excluding hydrogens is 92.1 g/mol. The van der Waals surface area contributed by atoms with E-state index in [1.165, 1.54) is 6.92 Å². The smallest absolute Gasteiger partial charge is 0.139 e. The van der Waals surface area contributed by atoms with Gasteiger partial charge in [0.25, 0.3) is 0 Å². The van der Waals surface area contributed by atoms with Crippen LogP contribution in [-0.4, -0.2) is 12.1 Å². The normalized spacial score (nSPS) is 12.9. The van der Waals surface area contributed by atoms with Gasteiger partial charge in [-0.15, -0.1) is 0 Å². The molecular formula is C5H8O2. The van der Waals surface area contributed by atoms with Gasteiger partial charge in [-0.05, 0) is 13.8 Å². The van der Waals surface area contributed by atoms with Crippen LogP contribution in [-0.2, 0) is 9.59 Å². The summed E-state index contributed by atoms with van der Waals surface area (Å²) in [7, 11) is 0. The van der Waals surface area contributed by atoms with Gasteiger partial charge in [0, 0.05) is 0 Å². The minimum absolute atomic E-state index is 0.0741. The lowest BCUT2D eigenvalue weighted by molar-refractivity contribution is -0.124. The molecule has 0 aliphatic carbocycles. The molecule has 0 aliphatic rings. The molecule has 0 saturated carbocycles. The Morgan fingerprint density at radius 3 is 2.14 bits per heavy atom. The second-order valence-electron chi connectivity index (χ2n) is 1.54. The van der Waals surface area contributed by atoms with E-state index in [0.717, 1.165) is 0 Å². The maximum absolute atomic E-state index is 10.1. The predicted molar refractivity (Wildman–Crippen MR) is 25.9 cm³/mol. The monoisotopic (exact) mass is 100 g/mol. The molecule has 0 aromatic carbocycles. The quantitative estimate of drug-likeness (QED) is 0.372. The zero-order valence-electron chi connectivity index (χ0n) is 4.47. The van der Waals surface area contributed by atoms with Crippen molar-refractivity contribution in [2.75, 3.05) is 0 Å². The van der Waals surface area contributed by atoms with Crippen molar-refractivity contribution in [1.82, 2.24) is 0 Å². The zero-order valence-corrected chi connectivity index (χ0v) is 4.47. The summed E-state index contributed by atoms with van der Waals surface area (Å²) in [6.45, 7) is 2.98. The lowest BCUT2D eigenvalue weighted by Crippen LogP contribution is -2.06. The van der Waals surface area contributed by atoms with Crippen LogP contribution in [0.25, 0.3) is 0 Å². The van der Waals surface area contributed by atoms with Gasteiger partial charge in [-0.2, -0.15) is 0 Å². The van der Waals surface area contributed by atoms with E-state index in [9.17, 15) is 9.59 Å². The van der Waals surface area contributed by atoms with E-state index in [-0.39, 0.29) is 5.78 Å². The largest absolute Gasteiger partial charge is 0.303 e. The van der Waals surface area contributed by atoms with Gasteiger partial charge in [-0.3, -0.25) is 4.79 Å². The summed E-state index contributed by atoms with van der Waals surface area (Å²) in [6.07, 6.45) is 0.641. The van der Waals surface area contributed by atoms with Gasteiger partial charge < -0.3 is 4.79 Å². The molecule has 0 radical (unpaired) electrons. The fraction of sp³-hybridized carbons (Fsp3) is 0.600. The summed E-state index contributed by atoms with van der Waals surface area (Å²) in [6, 6.07) is 0. The van der Waals surface area contributed by atoms with Crippen LogP contribution in [0, 0.1) is 5.92 Å². The SMILES string of the molecule is CC(=O)[C@@H](C)C=O. The van der Waals surface area contributed by atoms with Crippen molar-refractivity contribution in [3.8, 4) is 0 Å². The average molecular weight is 100 g/mol. The second-order valence-corrected chi connectivity index (χ2v) is 1.54. The lowest BCUT2D eigenvalue weighted by atomic mass is 10.1. The molecule has 0 saturated heterocycles. The van der Waals surface area contributed by atoms with Crippen molar-refractivity contribution in [1.29, 1.82) is 0 Å². The van der Waals surface area contributed by atoms with Crippen LogP contribution in [0.2, 0.25) is 0 Å². The number of hydrogen-bond acceptors (Lipinski definition) is 2. The van der Waals surface area contributed by atoms with E-state index in [1.807, 2.05) is 0 Å². The highest BCUT2D eigenvalue weighted by atomic mass is 16.1. The van der Waals surface area contributed by atoms with E-state index in [1.54, 1.807) is 6.92 Å². The van der Waals surface area contributed by atoms with Gasteiger partial charge in [0.2, 0.25) is 0 Å². The highest BCUT2D eigenvalue weighted by Gasteiger charge is 2.02. The fourth-order valence-corrected chi connectivity index (χ4v) is 0.0958. The molecule has 40 valence electrons. The Balaban J connectivity index is 3.55. The van der Waals surface area contributed by atoms with Gasteiger partial charge in [-0.1, -0.05) is 0 Å². The molecule has 0 aromatic heterocycles. The Hall–Kier alpha value is -0.660. The molecule has 1 atom stereocenters. The first-order chi connectivity index (χ1) is 3.18. The molecule has 0 fully saturated rings. The van der Waals surface area contributed by atoms with Crippen LogP contribution in [0.4, 0.5) is 0 Å². The standard InChI is InChI=1S/C5H8O2/c1-4(3-6)5(2)7/h3-4H,1-2H3/t4-/m0/s1. The van der Waals surface area contributed by atoms with E-state index >= 15 is 0 Å². The van der Waals surface area contributed by atoms with Crippen molar-refractivity contribution >= 4 is 12.1 Å². The lowest BCUT2D eigenvalue weighted by Gasteiger charge is -1.89. The molecule has 7 heavy (non-hydrogen) atoms. The Kier molecular flexibility index (Phi) is 2.27. The topological polar surface area (TPSA) is 34.1 Å². The Labute approximate surface area is 42.5 Å². The third-order valence-electron chi connectivity index (χ3n) is 0.845. The summed E-state index contributed by atoms with van der Waals surface area (Å²) in [4.78, 5) is 19.9. The van der Waals surface area contributed by atoms with Crippen LogP contribution in [0.15, 0.2) is 0 Å². The maximum Gasteiger partial charge on any atom is 0.139 e. The average Bonchev–Trinajstić information content (AvgIpc) is 1.65. The Bertz CT molecular complexity index is 86.1. The van der Waals surface area contributed by atoms with Gasteiger partial charge in [0.1, 0.15) is 12.1 Å². The minimum atomic E-state index is -0.417. The number of carbonyl (C=O) groups excluding carboxylic acids is 2. The number of carbonyl (C=O) groups is 2. The highest BCUT2D eigenvalue weighted by Crippen LogP contribution is 1.87. The van der Waals surface area contributed by atoms with Crippen LogP contribution in [0.5, 0.6) is 0 Å². The number of ketones is 1. The van der Waals surface area contributed by atoms with E-state index in [2.05, 4.69) is 0 Å². The molecule has 0 unspecified atom stereocenters. The van der Waals surface area contributed by atoms with Gasteiger partial charge >= 0.3 is 0 Å². The number of aldehydes is 1. The molecule has 0 bridgehead atoms. The van der Waals surface area contributed by atoms with E-state index in [0.29, 0.717) is 6.29 Å². The molecule has 0 heterocycles. The first-order valence-corrected chi connectivity index (χ1v) is 2.14. The van der Waals surface area contributed by atoms with Crippen LogP contribution >= 0.6 is 0 Å². The van der Waals surface area contributed by atoms with E-state index in [4.69, 9.17) is 0 Å². The third-order valence-corrected chi connectivity index (χ3v) is 0.845. The zero-order chi connectivity index (χ0) is 5.86. The number of hydrogen-bond donors (Lipinski definition) is 0. The fourth-order valence-electron chi connectivity index (χ4n) is 0.0958. The van der Waals surface area contributed by atoms with Gasteiger partial charge in [0.05, 0.1) is 5.92 Å². The van der Waals surface area contributed by atoms with Crippen molar-refractivity contribution < 1.29 is 9.59 Å². The van der Waals surface area contributed by atoms with Crippen LogP contribution in [0.1, 0.15) is 13.8 Å².